The molecule has 0 spiro atoms. The molecule has 0 aliphatic heterocycles. The number of ether oxygens (including phenoxy) is 1. The number of carbonyl (C=O) groups is 1. The van der Waals surface area contributed by atoms with E-state index in [1.165, 1.54) is 0 Å². The second-order valence-electron chi connectivity index (χ2n) is 5.96. The Kier molecular flexibility index (Phi) is 6.25. The number of hydrogen-bond acceptors (Lipinski definition) is 5. The molecule has 0 aliphatic carbocycles. The normalized spacial score (nSPS) is 10.2. The Labute approximate surface area is 158 Å². The van der Waals surface area contributed by atoms with Crippen LogP contribution in [0, 0.1) is 0 Å². The third-order valence-electron chi connectivity index (χ3n) is 3.94. The van der Waals surface area contributed by atoms with E-state index in [1.54, 1.807) is 12.1 Å². The average molecular weight is 362 g/mol. The highest BCUT2D eigenvalue weighted by Crippen LogP contribution is 2.19. The smallest absolute Gasteiger partial charge is 0.411 e. The third kappa shape index (κ3) is 5.74. The van der Waals surface area contributed by atoms with Gasteiger partial charge in [-0.25, -0.2) is 9.78 Å². The van der Waals surface area contributed by atoms with Crippen LogP contribution in [0.25, 0.3) is 0 Å². The van der Waals surface area contributed by atoms with Gasteiger partial charge in [0.25, 0.3) is 0 Å². The molecule has 3 aromatic rings. The molecular formula is C21H22N4O2. The fraction of sp³-hybridized carbons (Fsp3) is 0.143. The van der Waals surface area contributed by atoms with E-state index in [1.807, 2.05) is 60.7 Å². The number of amides is 1. The maximum atomic E-state index is 11.9. The Balaban J connectivity index is 1.47. The third-order valence-corrected chi connectivity index (χ3v) is 3.94. The van der Waals surface area contributed by atoms with E-state index in [0.29, 0.717) is 31.1 Å². The number of anilines is 3. The lowest BCUT2D eigenvalue weighted by molar-refractivity contribution is 0.163. The molecule has 3 rings (SSSR count). The number of nitrogens with two attached hydrogens (primary N) is 1. The average Bonchev–Trinajstić information content (AvgIpc) is 2.70. The lowest BCUT2D eigenvalue weighted by Crippen LogP contribution is -2.17. The number of rotatable bonds is 7. The molecule has 0 fully saturated rings. The van der Waals surface area contributed by atoms with Crippen molar-refractivity contribution < 1.29 is 9.53 Å². The summed E-state index contributed by atoms with van der Waals surface area (Å²) in [4.78, 5) is 16.2. The summed E-state index contributed by atoms with van der Waals surface area (Å²) in [7, 11) is 0. The van der Waals surface area contributed by atoms with Crippen molar-refractivity contribution in [3.05, 3.63) is 83.9 Å². The first-order valence-corrected chi connectivity index (χ1v) is 8.73. The Morgan fingerprint density at radius 3 is 2.26 bits per heavy atom. The van der Waals surface area contributed by atoms with E-state index in [-0.39, 0.29) is 5.82 Å². The molecule has 6 nitrogen and oxygen atoms in total. The van der Waals surface area contributed by atoms with Crippen LogP contribution in [-0.2, 0) is 17.7 Å². The summed E-state index contributed by atoms with van der Waals surface area (Å²) < 4.78 is 5.19. The van der Waals surface area contributed by atoms with Crippen LogP contribution in [0.2, 0.25) is 0 Å². The molecule has 0 radical (unpaired) electrons. The number of carbonyl (C=O) groups excluding carboxylic acids is 1. The van der Waals surface area contributed by atoms with Gasteiger partial charge in [-0.05, 0) is 23.3 Å². The highest BCUT2D eigenvalue weighted by atomic mass is 16.5. The summed E-state index contributed by atoms with van der Waals surface area (Å²) in [6.45, 7) is 0.932. The van der Waals surface area contributed by atoms with Crippen molar-refractivity contribution in [2.24, 2.45) is 0 Å². The van der Waals surface area contributed by atoms with Crippen LogP contribution in [0.3, 0.4) is 0 Å². The first kappa shape index (κ1) is 18.3. The minimum atomic E-state index is -0.551. The van der Waals surface area contributed by atoms with Crippen LogP contribution < -0.4 is 16.4 Å². The van der Waals surface area contributed by atoms with E-state index in [2.05, 4.69) is 15.6 Å². The Bertz CT molecular complexity index is 870. The summed E-state index contributed by atoms with van der Waals surface area (Å²) in [5.74, 6) is 0.868. The molecule has 0 saturated carbocycles. The first-order chi connectivity index (χ1) is 13.2. The van der Waals surface area contributed by atoms with Crippen molar-refractivity contribution in [1.82, 2.24) is 4.98 Å². The van der Waals surface area contributed by atoms with Gasteiger partial charge in [-0.2, -0.15) is 0 Å². The summed E-state index contributed by atoms with van der Waals surface area (Å²) in [6, 6.07) is 23.3. The minimum Gasteiger partial charge on any atom is -0.449 e. The van der Waals surface area contributed by atoms with Crippen LogP contribution >= 0.6 is 0 Å². The molecule has 0 unspecified atom stereocenters. The molecule has 0 saturated heterocycles. The zero-order chi connectivity index (χ0) is 18.9. The second kappa shape index (κ2) is 9.24. The molecule has 1 heterocycles. The maximum absolute atomic E-state index is 11.9. The van der Waals surface area contributed by atoms with Crippen molar-refractivity contribution >= 4 is 23.4 Å². The van der Waals surface area contributed by atoms with Gasteiger partial charge < -0.3 is 15.8 Å². The van der Waals surface area contributed by atoms with Gasteiger partial charge in [0.15, 0.2) is 0 Å². The van der Waals surface area contributed by atoms with Crippen molar-refractivity contribution in [3.63, 3.8) is 0 Å². The van der Waals surface area contributed by atoms with E-state index in [0.717, 1.165) is 11.1 Å². The van der Waals surface area contributed by atoms with E-state index >= 15 is 0 Å². The SMILES string of the molecule is Nc1nc(NCc2ccccc2)ccc1NC(=O)OCCc1ccccc1. The molecule has 6 heteroatoms. The lowest BCUT2D eigenvalue weighted by Gasteiger charge is -2.11. The van der Waals surface area contributed by atoms with Crippen LogP contribution in [0.15, 0.2) is 72.8 Å². The number of nitrogen functional groups attached to an aromatic ring is 1. The monoisotopic (exact) mass is 362 g/mol. The molecule has 0 atom stereocenters. The Morgan fingerprint density at radius 2 is 1.59 bits per heavy atom. The fourth-order valence-corrected chi connectivity index (χ4v) is 2.52. The van der Waals surface area contributed by atoms with Crippen molar-refractivity contribution in [3.8, 4) is 0 Å². The van der Waals surface area contributed by atoms with Gasteiger partial charge in [-0.15, -0.1) is 0 Å². The number of pyridine rings is 1. The van der Waals surface area contributed by atoms with Gasteiger partial charge in [0.2, 0.25) is 0 Å². The Morgan fingerprint density at radius 1 is 0.926 bits per heavy atom. The van der Waals surface area contributed by atoms with E-state index < -0.39 is 6.09 Å². The first-order valence-electron chi connectivity index (χ1n) is 8.73. The molecule has 138 valence electrons. The molecule has 1 amide bonds. The van der Waals surface area contributed by atoms with E-state index in [9.17, 15) is 4.79 Å². The lowest BCUT2D eigenvalue weighted by atomic mass is 10.2. The fourth-order valence-electron chi connectivity index (χ4n) is 2.52. The van der Waals surface area contributed by atoms with Crippen LogP contribution in [0.5, 0.6) is 0 Å². The number of hydrogen-bond donors (Lipinski definition) is 3. The van der Waals surface area contributed by atoms with Gasteiger partial charge in [0.05, 0.1) is 12.3 Å². The summed E-state index contributed by atoms with van der Waals surface area (Å²) in [6.07, 6.45) is 0.106. The van der Waals surface area contributed by atoms with Crippen LogP contribution in [0.1, 0.15) is 11.1 Å². The summed E-state index contributed by atoms with van der Waals surface area (Å²) in [5, 5.41) is 5.82. The molecule has 27 heavy (non-hydrogen) atoms. The van der Waals surface area contributed by atoms with Gasteiger partial charge in [-0.1, -0.05) is 60.7 Å². The highest BCUT2D eigenvalue weighted by molar-refractivity contribution is 5.88. The summed E-state index contributed by atoms with van der Waals surface area (Å²) >= 11 is 0. The predicted octanol–water partition coefficient (Wildman–Crippen LogP) is 4.07. The minimum absolute atomic E-state index is 0.230. The van der Waals surface area contributed by atoms with Crippen LogP contribution in [-0.4, -0.2) is 17.7 Å². The summed E-state index contributed by atoms with van der Waals surface area (Å²) in [5.41, 5.74) is 8.61. The number of benzene rings is 2. The molecule has 2 aromatic carbocycles. The molecular weight excluding hydrogens is 340 g/mol. The highest BCUT2D eigenvalue weighted by Gasteiger charge is 2.08. The van der Waals surface area contributed by atoms with Gasteiger partial charge in [0, 0.05) is 13.0 Å². The second-order valence-corrected chi connectivity index (χ2v) is 5.96. The molecule has 1 aromatic heterocycles. The standard InChI is InChI=1S/C21H22N4O2/c22-20-18(24-21(26)27-14-13-16-7-3-1-4-8-16)11-12-19(25-20)23-15-17-9-5-2-6-10-17/h1-12H,13-15H2,(H,24,26)(H3,22,23,25). The molecule has 0 bridgehead atoms. The van der Waals surface area contributed by atoms with E-state index in [4.69, 9.17) is 10.5 Å². The largest absolute Gasteiger partial charge is 0.449 e. The van der Waals surface area contributed by atoms with Crippen molar-refractivity contribution in [2.75, 3.05) is 23.0 Å². The molecule has 4 N–H and O–H groups in total. The van der Waals surface area contributed by atoms with Gasteiger partial charge in [0.1, 0.15) is 11.6 Å². The number of nitrogens with zero attached hydrogens (tertiary/aromatic N) is 1. The maximum Gasteiger partial charge on any atom is 0.411 e. The number of nitrogens with one attached hydrogen (secondary N) is 2. The quantitative estimate of drug-likeness (QED) is 0.590. The van der Waals surface area contributed by atoms with Gasteiger partial charge >= 0.3 is 6.09 Å². The molecule has 0 aliphatic rings. The van der Waals surface area contributed by atoms with Gasteiger partial charge in [-0.3, -0.25) is 5.32 Å². The zero-order valence-electron chi connectivity index (χ0n) is 14.9. The number of aromatic nitrogens is 1. The van der Waals surface area contributed by atoms with Crippen LogP contribution in [0.4, 0.5) is 22.1 Å². The van der Waals surface area contributed by atoms with Crippen molar-refractivity contribution in [1.29, 1.82) is 0 Å². The Hall–Kier alpha value is -3.54. The zero-order valence-corrected chi connectivity index (χ0v) is 14.9. The predicted molar refractivity (Wildman–Crippen MR) is 108 cm³/mol. The van der Waals surface area contributed by atoms with Crippen molar-refractivity contribution in [2.45, 2.75) is 13.0 Å². The topological polar surface area (TPSA) is 89.3 Å².